The fourth-order valence-corrected chi connectivity index (χ4v) is 11.6. The number of benzene rings is 3. The molecule has 1 amide bonds. The number of piperidine rings is 1. The zero-order chi connectivity index (χ0) is 48.8. The lowest BCUT2D eigenvalue weighted by Gasteiger charge is -2.49. The highest BCUT2D eigenvalue weighted by atomic mass is 16.7. The minimum absolute atomic E-state index is 0.0600. The van der Waals surface area contributed by atoms with E-state index in [2.05, 4.69) is 36.1 Å². The molecule has 7 unspecified atom stereocenters. The van der Waals surface area contributed by atoms with E-state index in [-0.39, 0.29) is 54.4 Å². The lowest BCUT2D eigenvalue weighted by molar-refractivity contribution is -0.173. The Kier molecular flexibility index (Phi) is 16.4. The van der Waals surface area contributed by atoms with Gasteiger partial charge in [-0.3, -0.25) is 19.2 Å². The minimum atomic E-state index is -0.849. The highest BCUT2D eigenvalue weighted by Crippen LogP contribution is 2.50. The summed E-state index contributed by atoms with van der Waals surface area (Å²) in [6.07, 6.45) is 5.73. The number of aliphatic hydroxyl groups is 1. The van der Waals surface area contributed by atoms with Crippen molar-refractivity contribution in [3.8, 4) is 28.7 Å². The second-order valence-corrected chi connectivity index (χ2v) is 18.6. The molecule has 0 aliphatic carbocycles. The fourth-order valence-electron chi connectivity index (χ4n) is 11.6. The SMILES string of the molecule is CCOC1OC(C(=O)N2CCc3cc(OC)c(OC)cc3C2CC2CC3c4cc(OC)c(OC)cc4CCN3CC2CC)=CC(c2c(C)n(C)n(-c3ccccc3)c2=O)C1CCOCCOCCO. The molecule has 15 nitrogen and oxygen atoms in total. The molecule has 0 bridgehead atoms. The van der Waals surface area contributed by atoms with Crippen molar-refractivity contribution in [2.75, 3.05) is 87.7 Å². The van der Waals surface area contributed by atoms with Gasteiger partial charge in [0.2, 0.25) is 6.29 Å². The average molecular weight is 953 g/mol. The van der Waals surface area contributed by atoms with E-state index < -0.39 is 12.2 Å². The number of aliphatic hydroxyl groups excluding tert-OH is 1. The Morgan fingerprint density at radius 2 is 1.45 bits per heavy atom. The van der Waals surface area contributed by atoms with Crippen molar-refractivity contribution in [1.29, 1.82) is 0 Å². The second kappa shape index (κ2) is 22.6. The number of carbonyl (C=O) groups is 1. The summed E-state index contributed by atoms with van der Waals surface area (Å²) < 4.78 is 51.5. The van der Waals surface area contributed by atoms with E-state index >= 15 is 4.79 Å². The molecule has 0 radical (unpaired) electrons. The number of methoxy groups -OCH3 is 4. The van der Waals surface area contributed by atoms with Crippen molar-refractivity contribution in [3.63, 3.8) is 0 Å². The van der Waals surface area contributed by atoms with Crippen LogP contribution in [0.25, 0.3) is 5.69 Å². The van der Waals surface area contributed by atoms with Gasteiger partial charge in [0.15, 0.2) is 28.8 Å². The number of nitrogens with zero attached hydrogens (tertiary/aromatic N) is 4. The molecule has 4 aliphatic rings. The summed E-state index contributed by atoms with van der Waals surface area (Å²) in [5.41, 5.74) is 6.67. The summed E-state index contributed by atoms with van der Waals surface area (Å²) >= 11 is 0. The Morgan fingerprint density at radius 3 is 2.10 bits per heavy atom. The normalized spacial score (nSPS) is 23.3. The first kappa shape index (κ1) is 50.1. The number of fused-ring (bicyclic) bond motifs is 4. The Labute approximate surface area is 406 Å². The van der Waals surface area contributed by atoms with E-state index in [0.717, 1.165) is 72.8 Å². The molecule has 374 valence electrons. The lowest BCUT2D eigenvalue weighted by atomic mass is 9.72. The third-order valence-corrected chi connectivity index (χ3v) is 15.2. The third-order valence-electron chi connectivity index (χ3n) is 15.2. The van der Waals surface area contributed by atoms with E-state index in [1.54, 1.807) is 33.1 Å². The number of ether oxygens (including phenoxy) is 8. The number of amides is 1. The number of rotatable bonds is 20. The highest BCUT2D eigenvalue weighted by molar-refractivity contribution is 5.92. The van der Waals surface area contributed by atoms with E-state index in [1.807, 2.05) is 66.9 Å². The van der Waals surface area contributed by atoms with Gasteiger partial charge in [-0.05, 0) is 123 Å². The molecule has 3 aromatic carbocycles. The number of allylic oxidation sites excluding steroid dienone is 1. The summed E-state index contributed by atoms with van der Waals surface area (Å²) in [5, 5.41) is 9.16. The summed E-state index contributed by atoms with van der Waals surface area (Å²) in [4.78, 5) is 35.2. The van der Waals surface area contributed by atoms with Crippen LogP contribution in [0.5, 0.6) is 23.0 Å². The van der Waals surface area contributed by atoms with Crippen LogP contribution < -0.4 is 24.5 Å². The van der Waals surface area contributed by atoms with Crippen molar-refractivity contribution < 1.29 is 47.8 Å². The van der Waals surface area contributed by atoms with E-state index in [9.17, 15) is 4.79 Å². The van der Waals surface area contributed by atoms with Gasteiger partial charge >= 0.3 is 0 Å². The molecular weight excluding hydrogens is 881 g/mol. The molecule has 0 spiro atoms. The molecule has 4 aliphatic heterocycles. The van der Waals surface area contributed by atoms with E-state index in [4.69, 9.17) is 43.0 Å². The summed E-state index contributed by atoms with van der Waals surface area (Å²) in [6.45, 7) is 10.1. The summed E-state index contributed by atoms with van der Waals surface area (Å²) in [7, 11) is 8.57. The molecule has 69 heavy (non-hydrogen) atoms. The first-order valence-electron chi connectivity index (χ1n) is 24.7. The number of aromatic nitrogens is 2. The summed E-state index contributed by atoms with van der Waals surface area (Å²) in [5.74, 6) is 2.42. The first-order chi connectivity index (χ1) is 33.6. The zero-order valence-electron chi connectivity index (χ0n) is 41.7. The standard InChI is InChI=1S/C54H72N4O11/c1-9-35-33-56-19-16-36-28-46(62-5)48(64-7)30-41(36)44(56)26-38(35)27-45-42-31-49(65-8)47(63-6)29-37(42)17-20-57(45)52(60)50-32-43(40(54(69-50)68-10-2)18-22-66-24-25-67-23-21-59)51-34(3)55(4)58(53(51)61)39-14-12-11-13-15-39/h11-15,28-32,35,38,40,43-45,54,59H,9-10,16-27,33H2,1-8H3. The monoisotopic (exact) mass is 953 g/mol. The van der Waals surface area contributed by atoms with Gasteiger partial charge in [0.05, 0.1) is 66.6 Å². The predicted molar refractivity (Wildman–Crippen MR) is 262 cm³/mol. The Morgan fingerprint density at radius 1 is 0.812 bits per heavy atom. The van der Waals surface area contributed by atoms with Crippen LogP contribution >= 0.6 is 0 Å². The largest absolute Gasteiger partial charge is 0.493 e. The average Bonchev–Trinajstić information content (AvgIpc) is 3.60. The molecular formula is C54H72N4O11. The van der Waals surface area contributed by atoms with E-state index in [1.165, 1.54) is 11.1 Å². The van der Waals surface area contributed by atoms with Crippen LogP contribution in [0.4, 0.5) is 0 Å². The summed E-state index contributed by atoms with van der Waals surface area (Å²) in [6, 6.07) is 17.9. The van der Waals surface area contributed by atoms with Crippen LogP contribution in [0.1, 0.15) is 91.0 Å². The van der Waals surface area contributed by atoms with Crippen LogP contribution in [0.3, 0.4) is 0 Å². The van der Waals surface area contributed by atoms with Crippen LogP contribution in [-0.4, -0.2) is 124 Å². The smallest absolute Gasteiger partial charge is 0.289 e. The highest BCUT2D eigenvalue weighted by Gasteiger charge is 2.46. The number of para-hydroxylation sites is 1. The molecule has 5 heterocycles. The van der Waals surface area contributed by atoms with Gasteiger partial charge < -0.3 is 47.9 Å². The predicted octanol–water partition coefficient (Wildman–Crippen LogP) is 7.07. The number of hydrogen-bond donors (Lipinski definition) is 1. The topological polar surface area (TPSA) is 145 Å². The molecule has 1 aromatic heterocycles. The van der Waals surface area contributed by atoms with Crippen molar-refractivity contribution >= 4 is 5.91 Å². The van der Waals surface area contributed by atoms with E-state index in [0.29, 0.717) is 68.8 Å². The van der Waals surface area contributed by atoms with Gasteiger partial charge in [0.25, 0.3) is 11.5 Å². The van der Waals surface area contributed by atoms with Gasteiger partial charge in [-0.25, -0.2) is 4.68 Å². The molecule has 8 rings (SSSR count). The minimum Gasteiger partial charge on any atom is -0.493 e. The van der Waals surface area contributed by atoms with Gasteiger partial charge in [0.1, 0.15) is 0 Å². The molecule has 1 N–H and O–H groups in total. The van der Waals surface area contributed by atoms with Crippen molar-refractivity contribution in [1.82, 2.24) is 19.2 Å². The van der Waals surface area contributed by atoms with Crippen molar-refractivity contribution in [3.05, 3.63) is 110 Å². The molecule has 1 saturated heterocycles. The molecule has 0 saturated carbocycles. The maximum absolute atomic E-state index is 15.7. The van der Waals surface area contributed by atoms with Crippen LogP contribution in [0.2, 0.25) is 0 Å². The molecule has 15 heteroatoms. The Hall–Kier alpha value is -5.32. The van der Waals surface area contributed by atoms with Gasteiger partial charge in [-0.2, -0.15) is 0 Å². The maximum Gasteiger partial charge on any atom is 0.289 e. The fraction of sp³-hybridized carbons (Fsp3) is 0.556. The van der Waals surface area contributed by atoms with Crippen LogP contribution in [0, 0.1) is 24.7 Å². The Balaban J connectivity index is 1.19. The molecule has 7 atom stereocenters. The van der Waals surface area contributed by atoms with Crippen LogP contribution in [0.15, 0.2) is 71.2 Å². The van der Waals surface area contributed by atoms with Gasteiger partial charge in [-0.1, -0.05) is 31.5 Å². The second-order valence-electron chi connectivity index (χ2n) is 18.6. The maximum atomic E-state index is 15.7. The van der Waals surface area contributed by atoms with Crippen molar-refractivity contribution in [2.45, 2.75) is 83.6 Å². The molecule has 4 aromatic rings. The number of hydrogen-bond acceptors (Lipinski definition) is 12. The number of carbonyl (C=O) groups excluding carboxylic acids is 1. The quantitative estimate of drug-likeness (QED) is 0.0906. The van der Waals surface area contributed by atoms with Gasteiger partial charge in [0, 0.05) is 69.0 Å². The van der Waals surface area contributed by atoms with Crippen molar-refractivity contribution in [2.24, 2.45) is 24.8 Å². The molecule has 1 fully saturated rings. The lowest BCUT2D eigenvalue weighted by Crippen LogP contribution is -2.48. The first-order valence-corrected chi connectivity index (χ1v) is 24.7. The third kappa shape index (κ3) is 10.2. The van der Waals surface area contributed by atoms with Gasteiger partial charge in [-0.15, -0.1) is 0 Å². The van der Waals surface area contributed by atoms with Crippen LogP contribution in [-0.2, 0) is 43.6 Å². The Bertz CT molecular complexity index is 2490. The zero-order valence-corrected chi connectivity index (χ0v) is 41.7.